The number of amides is 1. The minimum atomic E-state index is -0.660. The van der Waals surface area contributed by atoms with Gasteiger partial charge in [-0.25, -0.2) is 4.39 Å². The van der Waals surface area contributed by atoms with Crippen LogP contribution in [0.2, 0.25) is 10.0 Å². The van der Waals surface area contributed by atoms with Crippen molar-refractivity contribution in [1.82, 2.24) is 0 Å². The lowest BCUT2D eigenvalue weighted by Crippen LogP contribution is -2.23. The minimum Gasteiger partial charge on any atom is -0.456 e. The van der Waals surface area contributed by atoms with Gasteiger partial charge in [-0.15, -0.1) is 11.8 Å². The normalized spacial score (nSPS) is 11.6. The summed E-state index contributed by atoms with van der Waals surface area (Å²) >= 11 is 12.8. The van der Waals surface area contributed by atoms with Crippen LogP contribution >= 0.6 is 35.0 Å². The van der Waals surface area contributed by atoms with Crippen molar-refractivity contribution in [3.05, 3.63) is 63.9 Å². The summed E-state index contributed by atoms with van der Waals surface area (Å²) in [4.78, 5) is 36.0. The van der Waals surface area contributed by atoms with E-state index in [4.69, 9.17) is 27.9 Å². The Morgan fingerprint density at radius 1 is 1.14 bits per heavy atom. The second-order valence-electron chi connectivity index (χ2n) is 5.66. The van der Waals surface area contributed by atoms with E-state index < -0.39 is 29.4 Å². The molecule has 0 aromatic heterocycles. The van der Waals surface area contributed by atoms with E-state index in [0.29, 0.717) is 10.7 Å². The number of benzene rings is 2. The maximum Gasteiger partial charge on any atom is 0.319 e. The number of ketones is 1. The lowest BCUT2D eigenvalue weighted by atomic mass is 10.1. The summed E-state index contributed by atoms with van der Waals surface area (Å²) in [6.07, 6.45) is 0. The molecule has 0 aliphatic carbocycles. The Labute approximate surface area is 175 Å². The molecule has 0 fully saturated rings. The number of rotatable bonds is 8. The second kappa shape index (κ2) is 10.5. The van der Waals surface area contributed by atoms with Crippen molar-refractivity contribution in [2.24, 2.45) is 0 Å². The van der Waals surface area contributed by atoms with Crippen LogP contribution in [0.15, 0.2) is 42.5 Å². The Balaban J connectivity index is 1.76. The van der Waals surface area contributed by atoms with Gasteiger partial charge in [-0.3, -0.25) is 14.4 Å². The Bertz CT molecular complexity index is 877. The van der Waals surface area contributed by atoms with Crippen molar-refractivity contribution in [2.75, 3.05) is 17.7 Å². The second-order valence-corrected chi connectivity index (χ2v) is 7.84. The standard InChI is InChI=1S/C19H16Cl2FNO4S/c1-11(28-10-18(25)23-14-5-3-13(22)4-6-14)19(26)27-9-17(24)15-7-2-12(20)8-16(15)21/h2-8,11H,9-10H2,1H3,(H,23,25). The third-order valence-electron chi connectivity index (χ3n) is 3.50. The van der Waals surface area contributed by atoms with Crippen molar-refractivity contribution < 1.29 is 23.5 Å². The van der Waals surface area contributed by atoms with Gasteiger partial charge in [-0.2, -0.15) is 0 Å². The summed E-state index contributed by atoms with van der Waals surface area (Å²) in [6, 6.07) is 9.72. The number of esters is 1. The molecular formula is C19H16Cl2FNO4S. The zero-order chi connectivity index (χ0) is 20.7. The molecule has 0 aliphatic rings. The van der Waals surface area contributed by atoms with Gasteiger partial charge in [0.15, 0.2) is 6.61 Å². The molecule has 1 amide bonds. The first-order chi connectivity index (χ1) is 13.3. The van der Waals surface area contributed by atoms with Crippen molar-refractivity contribution in [3.63, 3.8) is 0 Å². The molecule has 148 valence electrons. The quantitative estimate of drug-likeness (QED) is 0.475. The largest absolute Gasteiger partial charge is 0.456 e. The summed E-state index contributed by atoms with van der Waals surface area (Å²) in [5.74, 6) is -1.84. The number of carbonyl (C=O) groups excluding carboxylic acids is 3. The van der Waals surface area contributed by atoms with Gasteiger partial charge in [-0.1, -0.05) is 23.2 Å². The van der Waals surface area contributed by atoms with Crippen LogP contribution in [0.3, 0.4) is 0 Å². The van der Waals surface area contributed by atoms with Crippen LogP contribution in [-0.4, -0.2) is 35.3 Å². The molecule has 1 N–H and O–H groups in total. The van der Waals surface area contributed by atoms with Gasteiger partial charge in [0, 0.05) is 16.3 Å². The van der Waals surface area contributed by atoms with E-state index >= 15 is 0 Å². The number of carbonyl (C=O) groups is 3. The highest BCUT2D eigenvalue weighted by molar-refractivity contribution is 8.01. The number of thioether (sulfide) groups is 1. The molecule has 0 radical (unpaired) electrons. The predicted octanol–water partition coefficient (Wildman–Crippen LogP) is 4.62. The highest BCUT2D eigenvalue weighted by Gasteiger charge is 2.19. The SMILES string of the molecule is CC(SCC(=O)Nc1ccc(F)cc1)C(=O)OCC(=O)c1ccc(Cl)cc1Cl. The van der Waals surface area contributed by atoms with Crippen LogP contribution in [0.25, 0.3) is 0 Å². The number of hydrogen-bond acceptors (Lipinski definition) is 5. The van der Waals surface area contributed by atoms with Crippen molar-refractivity contribution in [1.29, 1.82) is 0 Å². The van der Waals surface area contributed by atoms with E-state index in [1.165, 1.54) is 42.5 Å². The highest BCUT2D eigenvalue weighted by atomic mass is 35.5. The van der Waals surface area contributed by atoms with Gasteiger partial charge < -0.3 is 10.1 Å². The average Bonchev–Trinajstić information content (AvgIpc) is 2.65. The third-order valence-corrected chi connectivity index (χ3v) is 5.17. The van der Waals surface area contributed by atoms with Crippen LogP contribution in [0.1, 0.15) is 17.3 Å². The van der Waals surface area contributed by atoms with Crippen molar-refractivity contribution in [2.45, 2.75) is 12.2 Å². The van der Waals surface area contributed by atoms with E-state index in [2.05, 4.69) is 5.32 Å². The maximum atomic E-state index is 12.8. The predicted molar refractivity (Wildman–Crippen MR) is 109 cm³/mol. The van der Waals surface area contributed by atoms with Crippen LogP contribution in [-0.2, 0) is 14.3 Å². The number of nitrogens with one attached hydrogen (secondary N) is 1. The zero-order valence-corrected chi connectivity index (χ0v) is 17.0. The Hall–Kier alpha value is -2.09. The van der Waals surface area contributed by atoms with Crippen LogP contribution < -0.4 is 5.32 Å². The zero-order valence-electron chi connectivity index (χ0n) is 14.7. The van der Waals surface area contributed by atoms with Crippen LogP contribution in [0.4, 0.5) is 10.1 Å². The molecule has 0 spiro atoms. The first kappa shape index (κ1) is 22.2. The first-order valence-corrected chi connectivity index (χ1v) is 9.88. The van der Waals surface area contributed by atoms with E-state index in [0.717, 1.165) is 11.8 Å². The Kier molecular flexibility index (Phi) is 8.29. The van der Waals surface area contributed by atoms with Crippen LogP contribution in [0.5, 0.6) is 0 Å². The number of Topliss-reactive ketones (excluding diaryl/α,β-unsaturated/α-hetero) is 1. The monoisotopic (exact) mass is 443 g/mol. The fourth-order valence-corrected chi connectivity index (χ4v) is 3.24. The fraction of sp³-hybridized carbons (Fsp3) is 0.211. The van der Waals surface area contributed by atoms with Gasteiger partial charge in [0.05, 0.1) is 10.8 Å². The molecule has 0 aliphatic heterocycles. The molecule has 5 nitrogen and oxygen atoms in total. The number of anilines is 1. The Morgan fingerprint density at radius 2 is 1.82 bits per heavy atom. The molecule has 28 heavy (non-hydrogen) atoms. The topological polar surface area (TPSA) is 72.5 Å². The summed E-state index contributed by atoms with van der Waals surface area (Å²) in [6.45, 7) is 1.10. The smallest absolute Gasteiger partial charge is 0.319 e. The van der Waals surface area contributed by atoms with Crippen LogP contribution in [0, 0.1) is 5.82 Å². The number of halogens is 3. The molecule has 0 bridgehead atoms. The molecule has 2 aromatic rings. The fourth-order valence-electron chi connectivity index (χ4n) is 2.05. The molecule has 1 atom stereocenters. The summed E-state index contributed by atoms with van der Waals surface area (Å²) in [5, 5.41) is 2.49. The third kappa shape index (κ3) is 6.82. The first-order valence-electron chi connectivity index (χ1n) is 8.08. The highest BCUT2D eigenvalue weighted by Crippen LogP contribution is 2.21. The van der Waals surface area contributed by atoms with E-state index in [1.807, 2.05) is 0 Å². The number of hydrogen-bond donors (Lipinski definition) is 1. The molecular weight excluding hydrogens is 428 g/mol. The molecule has 2 rings (SSSR count). The molecule has 9 heteroatoms. The van der Waals surface area contributed by atoms with Gasteiger partial charge >= 0.3 is 5.97 Å². The number of ether oxygens (including phenoxy) is 1. The lowest BCUT2D eigenvalue weighted by Gasteiger charge is -2.11. The van der Waals surface area contributed by atoms with Crippen molar-refractivity contribution in [3.8, 4) is 0 Å². The minimum absolute atomic E-state index is 0.00932. The molecule has 0 saturated carbocycles. The molecule has 1 unspecified atom stereocenters. The van der Waals surface area contributed by atoms with Gasteiger partial charge in [0.2, 0.25) is 11.7 Å². The van der Waals surface area contributed by atoms with E-state index in [-0.39, 0.29) is 22.2 Å². The molecule has 0 heterocycles. The molecule has 2 aromatic carbocycles. The van der Waals surface area contributed by atoms with E-state index in [1.54, 1.807) is 6.92 Å². The average molecular weight is 444 g/mol. The summed E-state index contributed by atoms with van der Waals surface area (Å²) < 4.78 is 17.8. The Morgan fingerprint density at radius 3 is 2.46 bits per heavy atom. The lowest BCUT2D eigenvalue weighted by molar-refractivity contribution is -0.141. The van der Waals surface area contributed by atoms with Gasteiger partial charge in [-0.05, 0) is 49.4 Å². The van der Waals surface area contributed by atoms with Crippen molar-refractivity contribution >= 4 is 58.3 Å². The molecule has 0 saturated heterocycles. The van der Waals surface area contributed by atoms with Gasteiger partial charge in [0.1, 0.15) is 11.1 Å². The van der Waals surface area contributed by atoms with E-state index in [9.17, 15) is 18.8 Å². The summed E-state index contributed by atoms with van der Waals surface area (Å²) in [5.41, 5.74) is 0.658. The van der Waals surface area contributed by atoms with Gasteiger partial charge in [0.25, 0.3) is 0 Å². The summed E-state index contributed by atoms with van der Waals surface area (Å²) in [7, 11) is 0. The maximum absolute atomic E-state index is 12.8.